The lowest BCUT2D eigenvalue weighted by atomic mass is 10.1. The third-order valence-electron chi connectivity index (χ3n) is 6.50. The highest BCUT2D eigenvalue weighted by atomic mass is 32.2. The average molecular weight is 520 g/mol. The summed E-state index contributed by atoms with van der Waals surface area (Å²) in [6.07, 6.45) is 1.59. The van der Waals surface area contributed by atoms with Gasteiger partial charge in [-0.3, -0.25) is 4.79 Å². The Hall–Kier alpha value is -3.73. The zero-order valence-corrected chi connectivity index (χ0v) is 21.8. The number of aromatic amines is 1. The molecule has 0 saturated carbocycles. The van der Waals surface area contributed by atoms with E-state index in [0.717, 1.165) is 24.5 Å². The predicted molar refractivity (Wildman–Crippen MR) is 146 cm³/mol. The SMILES string of the molecule is Cc1ccc(-c2cc3cc[nH]c(=O)c3c(Nc3ccc(N4CCOCC4)cc3)n2)cc1S(=O)(=O)N(C)C. The summed E-state index contributed by atoms with van der Waals surface area (Å²) in [4.78, 5) is 22.7. The molecule has 2 aromatic heterocycles. The number of hydrogen-bond donors (Lipinski definition) is 2. The van der Waals surface area contributed by atoms with Crippen molar-refractivity contribution in [3.8, 4) is 11.3 Å². The predicted octanol–water partition coefficient (Wildman–Crippen LogP) is 3.73. The van der Waals surface area contributed by atoms with Crippen molar-refractivity contribution in [1.29, 1.82) is 0 Å². The highest BCUT2D eigenvalue weighted by Gasteiger charge is 2.21. The van der Waals surface area contributed by atoms with Crippen LogP contribution in [0.15, 0.2) is 70.5 Å². The van der Waals surface area contributed by atoms with E-state index >= 15 is 0 Å². The summed E-state index contributed by atoms with van der Waals surface area (Å²) in [6.45, 7) is 4.88. The minimum atomic E-state index is -3.64. The van der Waals surface area contributed by atoms with Gasteiger partial charge in [-0.15, -0.1) is 0 Å². The van der Waals surface area contributed by atoms with Gasteiger partial charge in [-0.2, -0.15) is 0 Å². The molecule has 0 unspecified atom stereocenters. The first-order valence-corrected chi connectivity index (χ1v) is 13.4. The van der Waals surface area contributed by atoms with E-state index in [9.17, 15) is 13.2 Å². The Morgan fingerprint density at radius 2 is 1.76 bits per heavy atom. The van der Waals surface area contributed by atoms with Gasteiger partial charge in [0.25, 0.3) is 5.56 Å². The van der Waals surface area contributed by atoms with E-state index in [0.29, 0.717) is 46.6 Å². The Morgan fingerprint density at radius 1 is 1.03 bits per heavy atom. The van der Waals surface area contributed by atoms with Crippen LogP contribution < -0.4 is 15.8 Å². The van der Waals surface area contributed by atoms with E-state index < -0.39 is 10.0 Å². The number of rotatable bonds is 6. The second-order valence-corrected chi connectivity index (χ2v) is 11.3. The van der Waals surface area contributed by atoms with Crippen molar-refractivity contribution in [2.75, 3.05) is 50.6 Å². The van der Waals surface area contributed by atoms with Crippen LogP contribution in [-0.2, 0) is 14.8 Å². The molecule has 1 fully saturated rings. The third kappa shape index (κ3) is 4.95. The molecule has 0 bridgehead atoms. The van der Waals surface area contributed by atoms with Crippen LogP contribution >= 0.6 is 0 Å². The molecule has 0 aliphatic carbocycles. The van der Waals surface area contributed by atoms with Crippen molar-refractivity contribution >= 4 is 38.0 Å². The van der Waals surface area contributed by atoms with Crippen LogP contribution in [0.4, 0.5) is 17.2 Å². The van der Waals surface area contributed by atoms with Crippen LogP contribution in [0.5, 0.6) is 0 Å². The van der Waals surface area contributed by atoms with Gasteiger partial charge in [0.05, 0.1) is 29.2 Å². The number of aryl methyl sites for hydroxylation is 1. The molecular formula is C27H29N5O4S. The highest BCUT2D eigenvalue weighted by molar-refractivity contribution is 7.89. The van der Waals surface area contributed by atoms with Crippen LogP contribution in [0.25, 0.3) is 22.0 Å². The molecule has 0 amide bonds. The van der Waals surface area contributed by atoms with Crippen molar-refractivity contribution in [3.63, 3.8) is 0 Å². The smallest absolute Gasteiger partial charge is 0.259 e. The number of aromatic nitrogens is 2. The van der Waals surface area contributed by atoms with Crippen molar-refractivity contribution in [3.05, 3.63) is 76.7 Å². The number of H-pyrrole nitrogens is 1. The van der Waals surface area contributed by atoms with Gasteiger partial charge < -0.3 is 19.9 Å². The van der Waals surface area contributed by atoms with Crippen LogP contribution in [-0.4, -0.2) is 63.1 Å². The van der Waals surface area contributed by atoms with Crippen LogP contribution in [0, 0.1) is 6.92 Å². The standard InChI is InChI=1S/C27H29N5O4S/c1-18-4-5-19(17-24(18)37(34,35)31(2)3)23-16-20-10-11-28-27(33)25(20)26(30-23)29-21-6-8-22(9-7-21)32-12-14-36-15-13-32/h4-11,16-17H,12-15H2,1-3H3,(H,28,33)(H,29,30). The first-order valence-electron chi connectivity index (χ1n) is 12.0. The lowest BCUT2D eigenvalue weighted by Crippen LogP contribution is -2.36. The number of sulfonamides is 1. The summed E-state index contributed by atoms with van der Waals surface area (Å²) in [7, 11) is -0.620. The number of ether oxygens (including phenoxy) is 1. The second-order valence-electron chi connectivity index (χ2n) is 9.17. The summed E-state index contributed by atoms with van der Waals surface area (Å²) in [5, 5.41) is 4.42. The first-order chi connectivity index (χ1) is 17.7. The molecule has 10 heteroatoms. The number of pyridine rings is 2. The molecule has 0 atom stereocenters. The highest BCUT2D eigenvalue weighted by Crippen LogP contribution is 2.31. The topological polar surface area (TPSA) is 108 Å². The molecule has 2 N–H and O–H groups in total. The number of hydrogen-bond acceptors (Lipinski definition) is 7. The summed E-state index contributed by atoms with van der Waals surface area (Å²) < 4.78 is 32.4. The maximum absolute atomic E-state index is 12.9. The van der Waals surface area contributed by atoms with E-state index in [-0.39, 0.29) is 10.5 Å². The van der Waals surface area contributed by atoms with Gasteiger partial charge in [-0.1, -0.05) is 12.1 Å². The summed E-state index contributed by atoms with van der Waals surface area (Å²) in [5.74, 6) is 0.395. The van der Waals surface area contributed by atoms with Gasteiger partial charge in [-0.25, -0.2) is 17.7 Å². The van der Waals surface area contributed by atoms with E-state index in [1.165, 1.54) is 18.4 Å². The normalized spacial score (nSPS) is 14.3. The second kappa shape index (κ2) is 9.97. The largest absolute Gasteiger partial charge is 0.378 e. The fourth-order valence-corrected chi connectivity index (χ4v) is 5.54. The summed E-state index contributed by atoms with van der Waals surface area (Å²) in [5.41, 5.74) is 3.47. The summed E-state index contributed by atoms with van der Waals surface area (Å²) >= 11 is 0. The molecule has 2 aromatic carbocycles. The molecule has 4 aromatic rings. The molecule has 192 valence electrons. The zero-order valence-electron chi connectivity index (χ0n) is 21.0. The van der Waals surface area contributed by atoms with Crippen LogP contribution in [0.2, 0.25) is 0 Å². The van der Waals surface area contributed by atoms with Gasteiger partial charge in [-0.05, 0) is 60.3 Å². The minimum Gasteiger partial charge on any atom is -0.378 e. The van der Waals surface area contributed by atoms with Gasteiger partial charge in [0.15, 0.2) is 0 Å². The minimum absolute atomic E-state index is 0.219. The quantitative estimate of drug-likeness (QED) is 0.400. The maximum atomic E-state index is 12.9. The lowest BCUT2D eigenvalue weighted by molar-refractivity contribution is 0.122. The Bertz CT molecular complexity index is 1610. The van der Waals surface area contributed by atoms with Gasteiger partial charge in [0, 0.05) is 50.3 Å². The van der Waals surface area contributed by atoms with E-state index in [1.807, 2.05) is 30.3 Å². The number of nitrogens with one attached hydrogen (secondary N) is 2. The molecule has 1 aliphatic rings. The molecule has 9 nitrogen and oxygen atoms in total. The van der Waals surface area contributed by atoms with E-state index in [4.69, 9.17) is 9.72 Å². The maximum Gasteiger partial charge on any atom is 0.259 e. The molecular weight excluding hydrogens is 490 g/mol. The zero-order chi connectivity index (χ0) is 26.2. The molecule has 0 spiro atoms. The number of fused-ring (bicyclic) bond motifs is 1. The van der Waals surface area contributed by atoms with Crippen molar-refractivity contribution in [1.82, 2.24) is 14.3 Å². The fraction of sp³-hybridized carbons (Fsp3) is 0.259. The molecule has 1 saturated heterocycles. The van der Waals surface area contributed by atoms with E-state index in [1.54, 1.807) is 37.4 Å². The van der Waals surface area contributed by atoms with Crippen LogP contribution in [0.1, 0.15) is 5.56 Å². The number of anilines is 3. The molecule has 0 radical (unpaired) electrons. The summed E-state index contributed by atoms with van der Waals surface area (Å²) in [6, 6.07) is 16.8. The van der Waals surface area contributed by atoms with E-state index in [2.05, 4.69) is 15.2 Å². The molecule has 3 heterocycles. The Labute approximate surface area is 215 Å². The Morgan fingerprint density at radius 3 is 2.46 bits per heavy atom. The van der Waals surface area contributed by atoms with Crippen molar-refractivity contribution in [2.24, 2.45) is 0 Å². The lowest BCUT2D eigenvalue weighted by Gasteiger charge is -2.28. The van der Waals surface area contributed by atoms with Crippen molar-refractivity contribution < 1.29 is 13.2 Å². The van der Waals surface area contributed by atoms with Crippen molar-refractivity contribution in [2.45, 2.75) is 11.8 Å². The van der Waals surface area contributed by atoms with Gasteiger partial charge in [0.1, 0.15) is 5.82 Å². The van der Waals surface area contributed by atoms with Crippen LogP contribution in [0.3, 0.4) is 0 Å². The average Bonchev–Trinajstić information content (AvgIpc) is 2.89. The number of benzene rings is 2. The number of nitrogens with zero attached hydrogens (tertiary/aromatic N) is 3. The molecule has 5 rings (SSSR count). The van der Waals surface area contributed by atoms with Gasteiger partial charge >= 0.3 is 0 Å². The fourth-order valence-electron chi connectivity index (χ4n) is 4.40. The first kappa shape index (κ1) is 24.9. The Kier molecular flexibility index (Phi) is 6.72. The monoisotopic (exact) mass is 519 g/mol. The number of morpholine rings is 1. The van der Waals surface area contributed by atoms with Gasteiger partial charge in [0.2, 0.25) is 10.0 Å². The Balaban J connectivity index is 1.56. The third-order valence-corrected chi connectivity index (χ3v) is 8.46. The molecule has 37 heavy (non-hydrogen) atoms. The molecule has 1 aliphatic heterocycles.